The van der Waals surface area contributed by atoms with Crippen LogP contribution in [0.5, 0.6) is 0 Å². The second-order valence-corrected chi connectivity index (χ2v) is 11.5. The highest BCUT2D eigenvalue weighted by atomic mass is 19.4. The van der Waals surface area contributed by atoms with Gasteiger partial charge in [-0.25, -0.2) is 4.79 Å². The first-order valence-electron chi connectivity index (χ1n) is 13.3. The van der Waals surface area contributed by atoms with E-state index in [4.69, 9.17) is 4.52 Å². The summed E-state index contributed by atoms with van der Waals surface area (Å²) < 4.78 is 45.5. The summed E-state index contributed by atoms with van der Waals surface area (Å²) in [5.74, 6) is 0.494. The Labute approximate surface area is 230 Å². The first-order valence-corrected chi connectivity index (χ1v) is 13.3. The number of aromatic nitrogens is 2. The molecule has 1 aliphatic carbocycles. The van der Waals surface area contributed by atoms with Crippen molar-refractivity contribution >= 4 is 11.9 Å². The zero-order valence-corrected chi connectivity index (χ0v) is 22.9. The molecule has 0 unspecified atom stereocenters. The minimum atomic E-state index is -4.46. The van der Waals surface area contributed by atoms with Gasteiger partial charge in [0.2, 0.25) is 11.8 Å². The van der Waals surface area contributed by atoms with E-state index in [1.54, 1.807) is 17.9 Å². The molecule has 2 aliphatic rings. The summed E-state index contributed by atoms with van der Waals surface area (Å²) in [7, 11) is 0. The lowest BCUT2D eigenvalue weighted by Gasteiger charge is -2.34. The van der Waals surface area contributed by atoms with Crippen LogP contribution in [0, 0.1) is 12.8 Å². The van der Waals surface area contributed by atoms with Crippen molar-refractivity contribution in [2.24, 2.45) is 5.92 Å². The normalized spacial score (nSPS) is 18.7. The number of nitrogens with one attached hydrogen (secondary N) is 2. The quantitative estimate of drug-likeness (QED) is 0.442. The number of aryl methyl sites for hydroxylation is 1. The number of rotatable bonds is 5. The Hall–Kier alpha value is -3.89. The summed E-state index contributed by atoms with van der Waals surface area (Å²) in [6.45, 7) is 8.35. The van der Waals surface area contributed by atoms with Crippen LogP contribution in [0.2, 0.25) is 0 Å². The maximum Gasteiger partial charge on any atom is 0.416 e. The molecule has 11 heteroatoms. The number of benzene rings is 2. The van der Waals surface area contributed by atoms with Crippen molar-refractivity contribution in [1.29, 1.82) is 0 Å². The maximum atomic E-state index is 13.4. The van der Waals surface area contributed by atoms with E-state index >= 15 is 0 Å². The number of fused-ring (bicyclic) bond motifs is 1. The predicted octanol–water partition coefficient (Wildman–Crippen LogP) is 5.35. The average Bonchev–Trinajstić information content (AvgIpc) is 3.58. The molecular weight excluding hydrogens is 523 g/mol. The van der Waals surface area contributed by atoms with Gasteiger partial charge in [-0.2, -0.15) is 18.2 Å². The molecule has 0 saturated heterocycles. The molecule has 3 amide bonds. The van der Waals surface area contributed by atoms with Gasteiger partial charge in [-0.05, 0) is 80.5 Å². The Balaban J connectivity index is 1.41. The number of urea groups is 1. The molecule has 0 spiro atoms. The van der Waals surface area contributed by atoms with Gasteiger partial charge in [0, 0.05) is 25.2 Å². The van der Waals surface area contributed by atoms with Gasteiger partial charge in [0.05, 0.1) is 17.4 Å². The number of amides is 3. The van der Waals surface area contributed by atoms with Gasteiger partial charge < -0.3 is 20.1 Å². The van der Waals surface area contributed by atoms with E-state index in [1.165, 1.54) is 6.07 Å². The van der Waals surface area contributed by atoms with Crippen LogP contribution in [0.1, 0.15) is 67.1 Å². The molecule has 212 valence electrons. The highest BCUT2D eigenvalue weighted by Gasteiger charge is 2.47. The topological polar surface area (TPSA) is 100 Å². The van der Waals surface area contributed by atoms with E-state index in [9.17, 15) is 22.8 Å². The lowest BCUT2D eigenvalue weighted by molar-refractivity contribution is -0.137. The van der Waals surface area contributed by atoms with Gasteiger partial charge in [0.25, 0.3) is 0 Å². The molecule has 1 aromatic heterocycles. The Morgan fingerprint density at radius 1 is 1.12 bits per heavy atom. The second-order valence-electron chi connectivity index (χ2n) is 11.5. The van der Waals surface area contributed by atoms with Crippen molar-refractivity contribution in [3.8, 4) is 11.1 Å². The molecule has 2 aromatic carbocycles. The van der Waals surface area contributed by atoms with Crippen molar-refractivity contribution in [2.75, 3.05) is 6.54 Å². The number of hydrogen-bond acceptors (Lipinski definition) is 5. The Bertz CT molecular complexity index is 1440. The molecule has 2 heterocycles. The van der Waals surface area contributed by atoms with Crippen LogP contribution in [-0.4, -0.2) is 39.1 Å². The molecule has 0 bridgehead atoms. The van der Waals surface area contributed by atoms with Crippen molar-refractivity contribution in [3.63, 3.8) is 0 Å². The SMILES string of the molecule is Cc1noc([C@H]2C[C@H]2C(=O)NCc2ccc(-c3cccc(C(F)(F)F)c3)c3c2CN(C(=O)NC(C)(C)C)CC3)n1. The van der Waals surface area contributed by atoms with Crippen molar-refractivity contribution in [3.05, 3.63) is 70.4 Å². The smallest absolute Gasteiger partial charge is 0.352 e. The number of alkyl halides is 3. The highest BCUT2D eigenvalue weighted by Crippen LogP contribution is 2.47. The van der Waals surface area contributed by atoms with Crippen LogP contribution in [-0.2, 0) is 30.5 Å². The van der Waals surface area contributed by atoms with Gasteiger partial charge in [-0.15, -0.1) is 0 Å². The molecule has 2 N–H and O–H groups in total. The third-order valence-corrected chi connectivity index (χ3v) is 7.22. The Morgan fingerprint density at radius 2 is 1.90 bits per heavy atom. The summed E-state index contributed by atoms with van der Waals surface area (Å²) in [6, 6.07) is 8.70. The zero-order valence-electron chi connectivity index (χ0n) is 22.9. The summed E-state index contributed by atoms with van der Waals surface area (Å²) in [5.41, 5.74) is 2.56. The fraction of sp³-hybridized carbons (Fsp3) is 0.448. The fourth-order valence-electron chi connectivity index (χ4n) is 5.15. The second kappa shape index (κ2) is 10.3. The number of halogens is 3. The molecule has 40 heavy (non-hydrogen) atoms. The summed E-state index contributed by atoms with van der Waals surface area (Å²) in [6.07, 6.45) is -3.36. The fourth-order valence-corrected chi connectivity index (χ4v) is 5.15. The summed E-state index contributed by atoms with van der Waals surface area (Å²) >= 11 is 0. The first kappa shape index (κ1) is 27.7. The van der Waals surface area contributed by atoms with E-state index in [-0.39, 0.29) is 36.9 Å². The van der Waals surface area contributed by atoms with E-state index in [0.717, 1.165) is 28.8 Å². The van der Waals surface area contributed by atoms with E-state index in [1.807, 2.05) is 32.9 Å². The Kier molecular flexibility index (Phi) is 7.09. The molecule has 2 atom stereocenters. The van der Waals surface area contributed by atoms with E-state index in [0.29, 0.717) is 42.2 Å². The average molecular weight is 556 g/mol. The van der Waals surface area contributed by atoms with Crippen LogP contribution in [0.4, 0.5) is 18.0 Å². The molecular formula is C29H32F3N5O3. The van der Waals surface area contributed by atoms with E-state index in [2.05, 4.69) is 20.8 Å². The molecule has 1 aliphatic heterocycles. The first-order chi connectivity index (χ1) is 18.8. The highest BCUT2D eigenvalue weighted by molar-refractivity contribution is 5.83. The minimum absolute atomic E-state index is 0.102. The van der Waals surface area contributed by atoms with Crippen molar-refractivity contribution in [2.45, 2.75) is 71.3 Å². The third-order valence-electron chi connectivity index (χ3n) is 7.22. The Morgan fingerprint density at radius 3 is 2.58 bits per heavy atom. The molecule has 3 aromatic rings. The molecule has 1 fully saturated rings. The maximum absolute atomic E-state index is 13.4. The molecule has 1 saturated carbocycles. The lowest BCUT2D eigenvalue weighted by atomic mass is 9.87. The van der Waals surface area contributed by atoms with Gasteiger partial charge in [-0.3, -0.25) is 4.79 Å². The number of hydrogen-bond donors (Lipinski definition) is 2. The van der Waals surface area contributed by atoms with Crippen molar-refractivity contribution in [1.82, 2.24) is 25.7 Å². The lowest BCUT2D eigenvalue weighted by Crippen LogP contribution is -2.50. The predicted molar refractivity (Wildman–Crippen MR) is 141 cm³/mol. The van der Waals surface area contributed by atoms with Crippen LogP contribution in [0.3, 0.4) is 0 Å². The standard InChI is InChI=1S/C29H32F3N5O3/c1-16-34-26(40-36-16)23-13-22(23)25(38)33-14-18-8-9-20(17-6-5-7-19(12-17)29(30,31)32)21-10-11-37(15-24(18)21)27(39)35-28(2,3)4/h5-9,12,22-23H,10-11,13-15H2,1-4H3,(H,33,38)(H,35,39)/t22-,23+/m1/s1. The molecule has 8 nitrogen and oxygen atoms in total. The van der Waals surface area contributed by atoms with Crippen molar-refractivity contribution < 1.29 is 27.3 Å². The minimum Gasteiger partial charge on any atom is -0.352 e. The van der Waals surface area contributed by atoms with Gasteiger partial charge >= 0.3 is 12.2 Å². The third kappa shape index (κ3) is 5.97. The summed E-state index contributed by atoms with van der Waals surface area (Å²) in [4.78, 5) is 31.8. The van der Waals surface area contributed by atoms with Crippen LogP contribution >= 0.6 is 0 Å². The van der Waals surface area contributed by atoms with E-state index < -0.39 is 17.3 Å². The largest absolute Gasteiger partial charge is 0.416 e. The number of nitrogens with zero attached hydrogens (tertiary/aromatic N) is 3. The number of carbonyl (C=O) groups excluding carboxylic acids is 2. The van der Waals surface area contributed by atoms with Crippen LogP contribution in [0.25, 0.3) is 11.1 Å². The monoisotopic (exact) mass is 555 g/mol. The zero-order chi connectivity index (χ0) is 28.8. The molecule has 5 rings (SSSR count). The van der Waals surface area contributed by atoms with Crippen LogP contribution in [0.15, 0.2) is 40.9 Å². The summed E-state index contributed by atoms with van der Waals surface area (Å²) in [5, 5.41) is 9.76. The molecule has 0 radical (unpaired) electrons. The number of carbonyl (C=O) groups is 2. The van der Waals surface area contributed by atoms with Gasteiger partial charge in [0.1, 0.15) is 0 Å². The van der Waals surface area contributed by atoms with Crippen LogP contribution < -0.4 is 10.6 Å². The van der Waals surface area contributed by atoms with Gasteiger partial charge in [-0.1, -0.05) is 29.4 Å². The van der Waals surface area contributed by atoms with Gasteiger partial charge in [0.15, 0.2) is 5.82 Å².